The Morgan fingerprint density at radius 2 is 1.71 bits per heavy atom. The number of nitrogens with one attached hydrogen (secondary N) is 2. The molecule has 2 aromatic rings. The molecule has 1 amide bonds. The first-order chi connectivity index (χ1) is 10.0. The third-order valence-electron chi connectivity index (χ3n) is 3.32. The zero-order valence-corrected chi connectivity index (χ0v) is 11.8. The molecule has 0 saturated heterocycles. The first kappa shape index (κ1) is 15.0. The molecule has 2 rings (SSSR count). The molecular formula is C16H16F2N2O. The lowest BCUT2D eigenvalue weighted by molar-refractivity contribution is 0.0962. The third-order valence-corrected chi connectivity index (χ3v) is 3.32. The van der Waals surface area contributed by atoms with Crippen LogP contribution >= 0.6 is 0 Å². The van der Waals surface area contributed by atoms with Gasteiger partial charge in [0.05, 0.1) is 0 Å². The molecule has 0 atom stereocenters. The number of halogens is 2. The lowest BCUT2D eigenvalue weighted by Crippen LogP contribution is -2.19. The highest BCUT2D eigenvalue weighted by Crippen LogP contribution is 2.21. The minimum absolute atomic E-state index is 0.0105. The number of hydrogen-bond acceptors (Lipinski definition) is 2. The molecule has 0 radical (unpaired) electrons. The van der Waals surface area contributed by atoms with Crippen molar-refractivity contribution in [1.82, 2.24) is 5.32 Å². The summed E-state index contributed by atoms with van der Waals surface area (Å²) in [6.07, 6.45) is 0. The molecular weight excluding hydrogens is 274 g/mol. The number of rotatable bonds is 4. The molecule has 0 fully saturated rings. The topological polar surface area (TPSA) is 41.1 Å². The molecule has 0 aromatic heterocycles. The lowest BCUT2D eigenvalue weighted by atomic mass is 10.1. The standard InChI is InChI=1S/C16H16F2N2O/c1-10-11(16(21)19-2)5-3-8-15(10)20-9-12-13(17)6-4-7-14(12)18/h3-8,20H,9H2,1-2H3,(H,19,21). The molecule has 0 aliphatic carbocycles. The van der Waals surface area contributed by atoms with Crippen LogP contribution in [0.2, 0.25) is 0 Å². The van der Waals surface area contributed by atoms with Gasteiger partial charge in [0.1, 0.15) is 11.6 Å². The van der Waals surface area contributed by atoms with Crippen molar-refractivity contribution in [2.75, 3.05) is 12.4 Å². The minimum Gasteiger partial charge on any atom is -0.381 e. The first-order valence-electron chi connectivity index (χ1n) is 6.53. The summed E-state index contributed by atoms with van der Waals surface area (Å²) in [5, 5.41) is 5.52. The summed E-state index contributed by atoms with van der Waals surface area (Å²) < 4.78 is 27.1. The fourth-order valence-corrected chi connectivity index (χ4v) is 2.09. The summed E-state index contributed by atoms with van der Waals surface area (Å²) in [5.41, 5.74) is 1.89. The van der Waals surface area contributed by atoms with E-state index >= 15 is 0 Å². The second kappa shape index (κ2) is 6.35. The van der Waals surface area contributed by atoms with Gasteiger partial charge < -0.3 is 10.6 Å². The monoisotopic (exact) mass is 290 g/mol. The van der Waals surface area contributed by atoms with Gasteiger partial charge in [-0.3, -0.25) is 4.79 Å². The van der Waals surface area contributed by atoms with Crippen LogP contribution in [0.4, 0.5) is 14.5 Å². The Labute approximate surface area is 122 Å². The Hall–Kier alpha value is -2.43. The average Bonchev–Trinajstić information content (AvgIpc) is 2.47. The summed E-state index contributed by atoms with van der Waals surface area (Å²) in [6, 6.07) is 8.94. The van der Waals surface area contributed by atoms with Gasteiger partial charge in [-0.15, -0.1) is 0 Å². The average molecular weight is 290 g/mol. The Balaban J connectivity index is 2.23. The molecule has 3 nitrogen and oxygen atoms in total. The fourth-order valence-electron chi connectivity index (χ4n) is 2.09. The Morgan fingerprint density at radius 1 is 1.10 bits per heavy atom. The second-order valence-corrected chi connectivity index (χ2v) is 4.61. The number of anilines is 1. The van der Waals surface area contributed by atoms with Crippen molar-refractivity contribution >= 4 is 11.6 Å². The van der Waals surface area contributed by atoms with Crippen LogP contribution in [0, 0.1) is 18.6 Å². The second-order valence-electron chi connectivity index (χ2n) is 4.61. The third kappa shape index (κ3) is 3.18. The van der Waals surface area contributed by atoms with E-state index in [1.165, 1.54) is 18.2 Å². The number of benzene rings is 2. The van der Waals surface area contributed by atoms with Crippen LogP contribution in [0.25, 0.3) is 0 Å². The quantitative estimate of drug-likeness (QED) is 0.907. The van der Waals surface area contributed by atoms with Crippen LogP contribution in [0.5, 0.6) is 0 Å². The summed E-state index contributed by atoms with van der Waals surface area (Å²) in [4.78, 5) is 11.7. The van der Waals surface area contributed by atoms with Gasteiger partial charge in [-0.25, -0.2) is 8.78 Å². The van der Waals surface area contributed by atoms with Crippen LogP contribution in [0.3, 0.4) is 0 Å². The maximum atomic E-state index is 13.6. The van der Waals surface area contributed by atoms with Crippen molar-refractivity contribution < 1.29 is 13.6 Å². The summed E-state index contributed by atoms with van der Waals surface area (Å²) in [6.45, 7) is 1.79. The van der Waals surface area contributed by atoms with Crippen molar-refractivity contribution in [3.63, 3.8) is 0 Å². The molecule has 0 spiro atoms. The van der Waals surface area contributed by atoms with Gasteiger partial charge in [-0.1, -0.05) is 12.1 Å². The highest BCUT2D eigenvalue weighted by molar-refractivity contribution is 5.96. The van der Waals surface area contributed by atoms with Gasteiger partial charge in [0.15, 0.2) is 0 Å². The molecule has 5 heteroatoms. The molecule has 0 aliphatic rings. The maximum absolute atomic E-state index is 13.6. The predicted octanol–water partition coefficient (Wildman–Crippen LogP) is 3.24. The summed E-state index contributed by atoms with van der Waals surface area (Å²) in [5.74, 6) is -1.39. The molecule has 0 heterocycles. The molecule has 2 aromatic carbocycles. The number of carbonyl (C=O) groups excluding carboxylic acids is 1. The zero-order valence-electron chi connectivity index (χ0n) is 11.8. The van der Waals surface area contributed by atoms with Crippen LogP contribution in [-0.4, -0.2) is 13.0 Å². The summed E-state index contributed by atoms with van der Waals surface area (Å²) >= 11 is 0. The van der Waals surface area contributed by atoms with Gasteiger partial charge in [0.25, 0.3) is 5.91 Å². The maximum Gasteiger partial charge on any atom is 0.251 e. The molecule has 0 aliphatic heterocycles. The van der Waals surface area contributed by atoms with E-state index in [2.05, 4.69) is 10.6 Å². The Morgan fingerprint density at radius 3 is 2.33 bits per heavy atom. The number of hydrogen-bond donors (Lipinski definition) is 2. The fraction of sp³-hybridized carbons (Fsp3) is 0.188. The normalized spacial score (nSPS) is 10.3. The lowest BCUT2D eigenvalue weighted by Gasteiger charge is -2.13. The number of amides is 1. The van der Waals surface area contributed by atoms with Crippen molar-refractivity contribution in [1.29, 1.82) is 0 Å². The van der Waals surface area contributed by atoms with Crippen molar-refractivity contribution in [2.45, 2.75) is 13.5 Å². The van der Waals surface area contributed by atoms with E-state index in [1.807, 2.05) is 0 Å². The summed E-state index contributed by atoms with van der Waals surface area (Å²) in [7, 11) is 1.55. The largest absolute Gasteiger partial charge is 0.381 e. The SMILES string of the molecule is CNC(=O)c1cccc(NCc2c(F)cccc2F)c1C. The van der Waals surface area contributed by atoms with Crippen molar-refractivity contribution in [2.24, 2.45) is 0 Å². The van der Waals surface area contributed by atoms with E-state index in [9.17, 15) is 13.6 Å². The highest BCUT2D eigenvalue weighted by Gasteiger charge is 2.12. The van der Waals surface area contributed by atoms with E-state index in [-0.39, 0.29) is 18.0 Å². The molecule has 0 unspecified atom stereocenters. The molecule has 21 heavy (non-hydrogen) atoms. The van der Waals surface area contributed by atoms with Crippen molar-refractivity contribution in [3.05, 3.63) is 64.7 Å². The van der Waals surface area contributed by atoms with Gasteiger partial charge in [-0.2, -0.15) is 0 Å². The van der Waals surface area contributed by atoms with Crippen LogP contribution in [-0.2, 0) is 6.54 Å². The van der Waals surface area contributed by atoms with Crippen LogP contribution in [0.1, 0.15) is 21.5 Å². The highest BCUT2D eigenvalue weighted by atomic mass is 19.1. The van der Waals surface area contributed by atoms with Gasteiger partial charge in [-0.05, 0) is 36.8 Å². The van der Waals surface area contributed by atoms with Crippen molar-refractivity contribution in [3.8, 4) is 0 Å². The van der Waals surface area contributed by atoms with Gasteiger partial charge >= 0.3 is 0 Å². The smallest absolute Gasteiger partial charge is 0.251 e. The Kier molecular flexibility index (Phi) is 4.52. The van der Waals surface area contributed by atoms with E-state index < -0.39 is 11.6 Å². The van der Waals surface area contributed by atoms with Gasteiger partial charge in [0, 0.05) is 30.4 Å². The molecule has 0 saturated carbocycles. The van der Waals surface area contributed by atoms with E-state index in [1.54, 1.807) is 32.2 Å². The van der Waals surface area contributed by atoms with E-state index in [4.69, 9.17) is 0 Å². The Bertz CT molecular complexity index is 651. The predicted molar refractivity (Wildman–Crippen MR) is 78.3 cm³/mol. The molecule has 110 valence electrons. The van der Waals surface area contributed by atoms with E-state index in [0.29, 0.717) is 11.3 Å². The van der Waals surface area contributed by atoms with Gasteiger partial charge in [0.2, 0.25) is 0 Å². The van der Waals surface area contributed by atoms with Crippen LogP contribution in [0.15, 0.2) is 36.4 Å². The minimum atomic E-state index is -0.595. The molecule has 0 bridgehead atoms. The van der Waals surface area contributed by atoms with E-state index in [0.717, 1.165) is 5.56 Å². The number of carbonyl (C=O) groups is 1. The molecule has 2 N–H and O–H groups in total. The zero-order chi connectivity index (χ0) is 15.4. The van der Waals surface area contributed by atoms with Crippen LogP contribution < -0.4 is 10.6 Å². The first-order valence-corrected chi connectivity index (χ1v) is 6.53.